The maximum atomic E-state index is 6.32. The molecule has 2 N–H and O–H groups in total. The number of ether oxygens (including phenoxy) is 2. The van der Waals surface area contributed by atoms with Gasteiger partial charge in [-0.25, -0.2) is 0 Å². The lowest BCUT2D eigenvalue weighted by Gasteiger charge is -2.38. The van der Waals surface area contributed by atoms with Gasteiger partial charge in [0.05, 0.1) is 13.2 Å². The van der Waals surface area contributed by atoms with Crippen molar-refractivity contribution in [2.45, 2.75) is 43.7 Å². The van der Waals surface area contributed by atoms with Gasteiger partial charge in [0.1, 0.15) is 0 Å². The van der Waals surface area contributed by atoms with Gasteiger partial charge in [0.15, 0.2) is 11.5 Å². The molecule has 0 bridgehead atoms. The number of benzene rings is 1. The zero-order valence-electron chi connectivity index (χ0n) is 10.2. The summed E-state index contributed by atoms with van der Waals surface area (Å²) in [6.45, 7) is 0. The second-order valence-electron chi connectivity index (χ2n) is 5.19. The van der Waals surface area contributed by atoms with Crippen molar-refractivity contribution in [3.05, 3.63) is 23.8 Å². The second kappa shape index (κ2) is 3.91. The molecule has 2 fully saturated rings. The summed E-state index contributed by atoms with van der Waals surface area (Å²) in [4.78, 5) is 0. The van der Waals surface area contributed by atoms with Crippen LogP contribution in [0.5, 0.6) is 11.5 Å². The molecule has 1 aromatic carbocycles. The van der Waals surface area contributed by atoms with E-state index in [4.69, 9.17) is 15.2 Å². The highest BCUT2D eigenvalue weighted by Crippen LogP contribution is 2.42. The van der Waals surface area contributed by atoms with E-state index in [1.807, 2.05) is 12.1 Å². The second-order valence-corrected chi connectivity index (χ2v) is 5.19. The van der Waals surface area contributed by atoms with Crippen molar-refractivity contribution >= 4 is 0 Å². The number of hydrogen-bond donors (Lipinski definition) is 1. The van der Waals surface area contributed by atoms with Gasteiger partial charge in [-0.1, -0.05) is 6.07 Å². The Hall–Kier alpha value is -1.22. The van der Waals surface area contributed by atoms with Crippen LogP contribution in [0.4, 0.5) is 0 Å². The molecule has 0 aromatic heterocycles. The van der Waals surface area contributed by atoms with E-state index in [0.29, 0.717) is 6.10 Å². The highest BCUT2D eigenvalue weighted by atomic mass is 16.5. The monoisotopic (exact) mass is 233 g/mol. The minimum Gasteiger partial charge on any atom is -0.493 e. The molecule has 0 amide bonds. The van der Waals surface area contributed by atoms with Crippen LogP contribution in [0, 0.1) is 0 Å². The molecule has 2 saturated carbocycles. The normalized spacial score (nSPS) is 21.8. The Labute approximate surface area is 102 Å². The van der Waals surface area contributed by atoms with Crippen molar-refractivity contribution in [3.63, 3.8) is 0 Å². The van der Waals surface area contributed by atoms with E-state index in [-0.39, 0.29) is 5.54 Å². The molecule has 1 aromatic rings. The van der Waals surface area contributed by atoms with E-state index in [9.17, 15) is 0 Å². The predicted octanol–water partition coefficient (Wildman–Crippen LogP) is 2.57. The van der Waals surface area contributed by atoms with Crippen LogP contribution >= 0.6 is 0 Å². The third-order valence-electron chi connectivity index (χ3n) is 3.80. The van der Waals surface area contributed by atoms with Crippen LogP contribution < -0.4 is 15.2 Å². The van der Waals surface area contributed by atoms with E-state index in [1.165, 1.54) is 12.0 Å². The highest BCUT2D eigenvalue weighted by Gasteiger charge is 2.35. The largest absolute Gasteiger partial charge is 0.493 e. The van der Waals surface area contributed by atoms with Crippen LogP contribution in [-0.2, 0) is 5.54 Å². The lowest BCUT2D eigenvalue weighted by Crippen LogP contribution is -2.43. The van der Waals surface area contributed by atoms with Crippen molar-refractivity contribution in [2.24, 2.45) is 5.73 Å². The molecule has 0 aliphatic heterocycles. The quantitative estimate of drug-likeness (QED) is 0.869. The summed E-state index contributed by atoms with van der Waals surface area (Å²) in [5.41, 5.74) is 7.35. The molecule has 0 unspecified atom stereocenters. The molecule has 0 spiro atoms. The Morgan fingerprint density at radius 3 is 2.53 bits per heavy atom. The number of nitrogens with two attached hydrogens (primary N) is 1. The molecule has 2 aliphatic rings. The van der Waals surface area contributed by atoms with Gasteiger partial charge < -0.3 is 15.2 Å². The molecule has 0 radical (unpaired) electrons. The maximum absolute atomic E-state index is 6.32. The Balaban J connectivity index is 1.86. The molecule has 17 heavy (non-hydrogen) atoms. The summed E-state index contributed by atoms with van der Waals surface area (Å²) >= 11 is 0. The lowest BCUT2D eigenvalue weighted by molar-refractivity contribution is 0.250. The first-order valence-electron chi connectivity index (χ1n) is 6.35. The molecular weight excluding hydrogens is 214 g/mol. The van der Waals surface area contributed by atoms with Gasteiger partial charge in [0.2, 0.25) is 0 Å². The van der Waals surface area contributed by atoms with Gasteiger partial charge in [-0.15, -0.1) is 0 Å². The van der Waals surface area contributed by atoms with Crippen LogP contribution in [0.2, 0.25) is 0 Å². The molecule has 0 atom stereocenters. The smallest absolute Gasteiger partial charge is 0.161 e. The Morgan fingerprint density at radius 2 is 2.00 bits per heavy atom. The standard InChI is InChI=1S/C14H19NO2/c1-16-13-9-10(14(15)7-2-8-14)3-6-12(13)17-11-4-5-11/h3,6,9,11H,2,4-5,7-8,15H2,1H3. The molecule has 3 rings (SSSR count). The van der Waals surface area contributed by atoms with Crippen molar-refractivity contribution < 1.29 is 9.47 Å². The van der Waals surface area contributed by atoms with Gasteiger partial charge in [-0.2, -0.15) is 0 Å². The first-order chi connectivity index (χ1) is 8.21. The predicted molar refractivity (Wildman–Crippen MR) is 66.4 cm³/mol. The van der Waals surface area contributed by atoms with E-state index >= 15 is 0 Å². The number of rotatable bonds is 4. The fourth-order valence-corrected chi connectivity index (χ4v) is 2.29. The summed E-state index contributed by atoms with van der Waals surface area (Å²) < 4.78 is 11.2. The van der Waals surface area contributed by atoms with Crippen molar-refractivity contribution in [1.82, 2.24) is 0 Å². The van der Waals surface area contributed by atoms with Crippen molar-refractivity contribution in [1.29, 1.82) is 0 Å². The van der Waals surface area contributed by atoms with Gasteiger partial charge in [-0.3, -0.25) is 0 Å². The maximum Gasteiger partial charge on any atom is 0.161 e. The van der Waals surface area contributed by atoms with Crippen LogP contribution in [0.25, 0.3) is 0 Å². The minimum absolute atomic E-state index is 0.134. The van der Waals surface area contributed by atoms with Crippen molar-refractivity contribution in [3.8, 4) is 11.5 Å². The SMILES string of the molecule is COc1cc(C2(N)CCC2)ccc1OC1CC1. The van der Waals surface area contributed by atoms with Crippen LogP contribution in [0.1, 0.15) is 37.7 Å². The Bertz CT molecular complexity index is 422. The minimum atomic E-state index is -0.134. The average Bonchev–Trinajstić information content (AvgIpc) is 3.10. The summed E-state index contributed by atoms with van der Waals surface area (Å²) in [7, 11) is 1.68. The summed E-state index contributed by atoms with van der Waals surface area (Å²) in [5, 5.41) is 0. The Kier molecular flexibility index (Phi) is 2.51. The molecule has 92 valence electrons. The molecule has 3 heteroatoms. The van der Waals surface area contributed by atoms with Gasteiger partial charge in [-0.05, 0) is 49.8 Å². The van der Waals surface area contributed by atoms with Gasteiger partial charge in [0.25, 0.3) is 0 Å². The number of methoxy groups -OCH3 is 1. The third kappa shape index (κ3) is 2.00. The summed E-state index contributed by atoms with van der Waals surface area (Å²) in [5.74, 6) is 1.66. The van der Waals surface area contributed by atoms with Crippen LogP contribution in [0.15, 0.2) is 18.2 Å². The molecule has 2 aliphatic carbocycles. The topological polar surface area (TPSA) is 44.5 Å². The zero-order chi connectivity index (χ0) is 11.9. The molecular formula is C14H19NO2. The Morgan fingerprint density at radius 1 is 1.24 bits per heavy atom. The van der Waals surface area contributed by atoms with Gasteiger partial charge >= 0.3 is 0 Å². The van der Waals surface area contributed by atoms with E-state index < -0.39 is 0 Å². The summed E-state index contributed by atoms with van der Waals surface area (Å²) in [6.07, 6.45) is 6.07. The molecule has 0 heterocycles. The third-order valence-corrected chi connectivity index (χ3v) is 3.80. The first-order valence-corrected chi connectivity index (χ1v) is 6.35. The zero-order valence-corrected chi connectivity index (χ0v) is 10.2. The summed E-state index contributed by atoms with van der Waals surface area (Å²) in [6, 6.07) is 6.12. The van der Waals surface area contributed by atoms with E-state index in [0.717, 1.165) is 37.2 Å². The average molecular weight is 233 g/mol. The molecule has 0 saturated heterocycles. The molecule has 3 nitrogen and oxygen atoms in total. The highest BCUT2D eigenvalue weighted by molar-refractivity contribution is 5.45. The first kappa shape index (κ1) is 10.9. The van der Waals surface area contributed by atoms with Crippen LogP contribution in [0.3, 0.4) is 0 Å². The van der Waals surface area contributed by atoms with E-state index in [2.05, 4.69) is 6.07 Å². The van der Waals surface area contributed by atoms with Crippen molar-refractivity contribution in [2.75, 3.05) is 7.11 Å². The van der Waals surface area contributed by atoms with Crippen LogP contribution in [-0.4, -0.2) is 13.2 Å². The fraction of sp³-hybridized carbons (Fsp3) is 0.571. The van der Waals surface area contributed by atoms with Gasteiger partial charge in [0, 0.05) is 5.54 Å². The fourth-order valence-electron chi connectivity index (χ4n) is 2.29. The number of hydrogen-bond acceptors (Lipinski definition) is 3. The van der Waals surface area contributed by atoms with E-state index in [1.54, 1.807) is 7.11 Å². The lowest BCUT2D eigenvalue weighted by atomic mass is 9.73.